The van der Waals surface area contributed by atoms with Gasteiger partial charge in [-0.15, -0.1) is 0 Å². The molecule has 118 valence electrons. The van der Waals surface area contributed by atoms with Gasteiger partial charge in [0.25, 0.3) is 11.8 Å². The minimum Gasteiger partial charge on any atom is -0.377 e. The zero-order valence-corrected chi connectivity index (χ0v) is 13.1. The van der Waals surface area contributed by atoms with Crippen molar-refractivity contribution in [3.8, 4) is 0 Å². The van der Waals surface area contributed by atoms with Gasteiger partial charge in [0.15, 0.2) is 0 Å². The molecule has 1 heterocycles. The Morgan fingerprint density at radius 1 is 0.913 bits per heavy atom. The Morgan fingerprint density at radius 2 is 1.57 bits per heavy atom. The van der Waals surface area contributed by atoms with Crippen LogP contribution in [0.25, 0.3) is 0 Å². The maximum Gasteiger partial charge on any atom is 0.261 e. The SMILES string of the molecule is CCCOCc1cccc(CN2C(=O)c3ccccc3C2=O)c1. The van der Waals surface area contributed by atoms with Gasteiger partial charge in [-0.1, -0.05) is 43.3 Å². The third-order valence-electron chi connectivity index (χ3n) is 3.83. The number of fused-ring (bicyclic) bond motifs is 1. The number of carbonyl (C=O) groups is 2. The number of nitrogens with zero attached hydrogens (tertiary/aromatic N) is 1. The molecule has 1 aliphatic rings. The monoisotopic (exact) mass is 309 g/mol. The molecule has 0 N–H and O–H groups in total. The van der Waals surface area contributed by atoms with E-state index in [4.69, 9.17) is 4.74 Å². The van der Waals surface area contributed by atoms with E-state index in [2.05, 4.69) is 6.92 Å². The fourth-order valence-corrected chi connectivity index (χ4v) is 2.72. The zero-order chi connectivity index (χ0) is 16.2. The van der Waals surface area contributed by atoms with Crippen LogP contribution in [-0.2, 0) is 17.9 Å². The van der Waals surface area contributed by atoms with E-state index in [1.54, 1.807) is 24.3 Å². The fraction of sp³-hybridized carbons (Fsp3) is 0.263. The van der Waals surface area contributed by atoms with Crippen molar-refractivity contribution in [2.24, 2.45) is 0 Å². The van der Waals surface area contributed by atoms with Crippen LogP contribution in [-0.4, -0.2) is 23.3 Å². The average Bonchev–Trinajstić information content (AvgIpc) is 2.81. The van der Waals surface area contributed by atoms with E-state index in [-0.39, 0.29) is 18.4 Å². The molecule has 23 heavy (non-hydrogen) atoms. The molecule has 2 aromatic carbocycles. The predicted octanol–water partition coefficient (Wildman–Crippen LogP) is 3.41. The van der Waals surface area contributed by atoms with Crippen molar-refractivity contribution in [2.45, 2.75) is 26.5 Å². The van der Waals surface area contributed by atoms with Gasteiger partial charge in [0.1, 0.15) is 0 Å². The number of hydrogen-bond donors (Lipinski definition) is 0. The summed E-state index contributed by atoms with van der Waals surface area (Å²) in [5, 5.41) is 0. The molecule has 0 saturated carbocycles. The Labute approximate surface area is 135 Å². The van der Waals surface area contributed by atoms with Crippen molar-refractivity contribution in [1.82, 2.24) is 4.90 Å². The molecule has 0 aliphatic carbocycles. The van der Waals surface area contributed by atoms with Crippen molar-refractivity contribution in [3.63, 3.8) is 0 Å². The molecule has 0 saturated heterocycles. The van der Waals surface area contributed by atoms with Gasteiger partial charge in [-0.3, -0.25) is 14.5 Å². The summed E-state index contributed by atoms with van der Waals surface area (Å²) in [7, 11) is 0. The fourth-order valence-electron chi connectivity index (χ4n) is 2.72. The lowest BCUT2D eigenvalue weighted by atomic mass is 10.1. The first-order valence-corrected chi connectivity index (χ1v) is 7.81. The van der Waals surface area contributed by atoms with Crippen LogP contribution in [0.15, 0.2) is 48.5 Å². The molecular weight excluding hydrogens is 290 g/mol. The largest absolute Gasteiger partial charge is 0.377 e. The molecule has 2 aromatic rings. The summed E-state index contributed by atoms with van der Waals surface area (Å²) in [6.07, 6.45) is 0.981. The normalized spacial score (nSPS) is 13.5. The summed E-state index contributed by atoms with van der Waals surface area (Å²) in [6.45, 7) is 3.62. The van der Waals surface area contributed by atoms with Crippen molar-refractivity contribution in [3.05, 3.63) is 70.8 Å². The van der Waals surface area contributed by atoms with Crippen LogP contribution >= 0.6 is 0 Å². The Kier molecular flexibility index (Phi) is 4.53. The second-order valence-corrected chi connectivity index (χ2v) is 5.61. The highest BCUT2D eigenvalue weighted by Crippen LogP contribution is 2.24. The Hall–Kier alpha value is -2.46. The summed E-state index contributed by atoms with van der Waals surface area (Å²) in [5.41, 5.74) is 2.95. The first kappa shape index (κ1) is 15.4. The topological polar surface area (TPSA) is 46.6 Å². The molecule has 0 bridgehead atoms. The summed E-state index contributed by atoms with van der Waals surface area (Å²) in [4.78, 5) is 26.1. The highest BCUT2D eigenvalue weighted by atomic mass is 16.5. The summed E-state index contributed by atoms with van der Waals surface area (Å²) >= 11 is 0. The van der Waals surface area contributed by atoms with Crippen LogP contribution in [0.2, 0.25) is 0 Å². The highest BCUT2D eigenvalue weighted by Gasteiger charge is 2.34. The molecule has 4 nitrogen and oxygen atoms in total. The highest BCUT2D eigenvalue weighted by molar-refractivity contribution is 6.21. The lowest BCUT2D eigenvalue weighted by molar-refractivity contribution is 0.0642. The molecule has 0 spiro atoms. The van der Waals surface area contributed by atoms with E-state index in [1.165, 1.54) is 4.90 Å². The Balaban J connectivity index is 1.74. The number of hydrogen-bond acceptors (Lipinski definition) is 3. The zero-order valence-electron chi connectivity index (χ0n) is 13.1. The van der Waals surface area contributed by atoms with Crippen LogP contribution in [0.4, 0.5) is 0 Å². The first-order chi connectivity index (χ1) is 11.2. The van der Waals surface area contributed by atoms with Crippen LogP contribution < -0.4 is 0 Å². The number of rotatable bonds is 6. The molecule has 0 unspecified atom stereocenters. The van der Waals surface area contributed by atoms with Gasteiger partial charge in [0.2, 0.25) is 0 Å². The number of benzene rings is 2. The van der Waals surface area contributed by atoms with Crippen molar-refractivity contribution in [1.29, 1.82) is 0 Å². The van der Waals surface area contributed by atoms with E-state index in [0.29, 0.717) is 17.7 Å². The van der Waals surface area contributed by atoms with E-state index >= 15 is 0 Å². The van der Waals surface area contributed by atoms with E-state index in [9.17, 15) is 9.59 Å². The van der Waals surface area contributed by atoms with Gasteiger partial charge in [-0.25, -0.2) is 0 Å². The van der Waals surface area contributed by atoms with Gasteiger partial charge in [0.05, 0.1) is 24.3 Å². The first-order valence-electron chi connectivity index (χ1n) is 7.81. The second-order valence-electron chi connectivity index (χ2n) is 5.61. The van der Waals surface area contributed by atoms with Crippen molar-refractivity contribution < 1.29 is 14.3 Å². The van der Waals surface area contributed by atoms with Crippen LogP contribution in [0.1, 0.15) is 45.2 Å². The lowest BCUT2D eigenvalue weighted by Gasteiger charge is -2.14. The number of ether oxygens (including phenoxy) is 1. The number of carbonyl (C=O) groups excluding carboxylic acids is 2. The molecule has 0 radical (unpaired) electrons. The molecular formula is C19H19NO3. The van der Waals surface area contributed by atoms with Gasteiger partial charge in [0, 0.05) is 6.61 Å². The van der Waals surface area contributed by atoms with E-state index in [1.807, 2.05) is 24.3 Å². The molecule has 3 rings (SSSR count). The number of imide groups is 1. The minimum absolute atomic E-state index is 0.224. The maximum absolute atomic E-state index is 12.4. The van der Waals surface area contributed by atoms with Gasteiger partial charge in [-0.05, 0) is 29.7 Å². The van der Waals surface area contributed by atoms with E-state index < -0.39 is 0 Å². The summed E-state index contributed by atoms with van der Waals surface area (Å²) in [5.74, 6) is -0.448. The van der Waals surface area contributed by atoms with Crippen LogP contribution in [0.3, 0.4) is 0 Å². The van der Waals surface area contributed by atoms with Gasteiger partial charge < -0.3 is 4.74 Å². The molecule has 0 atom stereocenters. The van der Waals surface area contributed by atoms with Crippen LogP contribution in [0.5, 0.6) is 0 Å². The predicted molar refractivity (Wildman–Crippen MR) is 87.0 cm³/mol. The Morgan fingerprint density at radius 3 is 2.22 bits per heavy atom. The van der Waals surface area contributed by atoms with E-state index in [0.717, 1.165) is 24.2 Å². The quantitative estimate of drug-likeness (QED) is 0.607. The molecule has 0 aromatic heterocycles. The molecule has 4 heteroatoms. The third-order valence-corrected chi connectivity index (χ3v) is 3.83. The van der Waals surface area contributed by atoms with Crippen molar-refractivity contribution in [2.75, 3.05) is 6.61 Å². The second kappa shape index (κ2) is 6.75. The third kappa shape index (κ3) is 3.17. The summed E-state index contributed by atoms with van der Waals surface area (Å²) in [6, 6.07) is 14.8. The summed E-state index contributed by atoms with van der Waals surface area (Å²) < 4.78 is 5.54. The van der Waals surface area contributed by atoms with Gasteiger partial charge in [-0.2, -0.15) is 0 Å². The average molecular weight is 309 g/mol. The standard InChI is InChI=1S/C19H19NO3/c1-2-10-23-13-15-7-5-6-14(11-15)12-20-18(21)16-8-3-4-9-17(16)19(20)22/h3-9,11H,2,10,12-13H2,1H3. The van der Waals surface area contributed by atoms with Crippen molar-refractivity contribution >= 4 is 11.8 Å². The van der Waals surface area contributed by atoms with Crippen LogP contribution in [0, 0.1) is 0 Å². The molecule has 1 aliphatic heterocycles. The Bertz CT molecular complexity index is 704. The molecule has 2 amide bonds. The number of amides is 2. The minimum atomic E-state index is -0.224. The molecule has 0 fully saturated rings. The van der Waals surface area contributed by atoms with Gasteiger partial charge >= 0.3 is 0 Å². The maximum atomic E-state index is 12.4. The smallest absolute Gasteiger partial charge is 0.261 e. The lowest BCUT2D eigenvalue weighted by Crippen LogP contribution is -2.29.